The van der Waals surface area contributed by atoms with Crippen molar-refractivity contribution in [2.75, 3.05) is 17.2 Å². The maximum absolute atomic E-state index is 12.8. The third-order valence-electron chi connectivity index (χ3n) is 5.50. The molecule has 0 unspecified atom stereocenters. The van der Waals surface area contributed by atoms with Crippen LogP contribution in [0.2, 0.25) is 0 Å². The van der Waals surface area contributed by atoms with Crippen LogP contribution in [0.15, 0.2) is 64.6 Å². The Morgan fingerprint density at radius 1 is 0.971 bits per heavy atom. The SMILES string of the molecule is Cc1ccc(NC(=O)COc2ccc(Br)cc2/C=C(/C#N)C(=O)Nc2cccc(C)c2C)c(C)c1. The molecule has 2 amide bonds. The average molecular weight is 532 g/mol. The second-order valence-corrected chi connectivity index (χ2v) is 9.12. The van der Waals surface area contributed by atoms with E-state index in [4.69, 9.17) is 4.74 Å². The van der Waals surface area contributed by atoms with E-state index in [0.29, 0.717) is 17.0 Å². The van der Waals surface area contributed by atoms with Gasteiger partial charge in [0, 0.05) is 21.4 Å². The molecule has 6 nitrogen and oxygen atoms in total. The lowest BCUT2D eigenvalue weighted by Crippen LogP contribution is -2.21. The minimum atomic E-state index is -0.528. The van der Waals surface area contributed by atoms with Crippen LogP contribution in [0.4, 0.5) is 11.4 Å². The summed E-state index contributed by atoms with van der Waals surface area (Å²) in [4.78, 5) is 25.3. The third-order valence-corrected chi connectivity index (χ3v) is 6.00. The molecule has 0 atom stereocenters. The number of anilines is 2. The Hall–Kier alpha value is -3.89. The quantitative estimate of drug-likeness (QED) is 0.278. The number of amides is 2. The fourth-order valence-electron chi connectivity index (χ4n) is 3.43. The number of benzene rings is 3. The maximum atomic E-state index is 12.8. The first-order valence-electron chi connectivity index (χ1n) is 11.0. The third kappa shape index (κ3) is 6.81. The molecular weight excluding hydrogens is 506 g/mol. The number of hydrogen-bond donors (Lipinski definition) is 2. The maximum Gasteiger partial charge on any atom is 0.266 e. The number of carbonyl (C=O) groups is 2. The number of halogens is 1. The van der Waals surface area contributed by atoms with Gasteiger partial charge < -0.3 is 15.4 Å². The summed E-state index contributed by atoms with van der Waals surface area (Å²) in [6.45, 7) is 7.54. The highest BCUT2D eigenvalue weighted by Crippen LogP contribution is 2.27. The van der Waals surface area contributed by atoms with E-state index in [1.54, 1.807) is 24.3 Å². The zero-order valence-corrected chi connectivity index (χ0v) is 21.6. The second-order valence-electron chi connectivity index (χ2n) is 8.21. The molecule has 0 radical (unpaired) electrons. The lowest BCUT2D eigenvalue weighted by Gasteiger charge is -2.13. The Morgan fingerprint density at radius 2 is 1.74 bits per heavy atom. The van der Waals surface area contributed by atoms with Crippen molar-refractivity contribution in [1.29, 1.82) is 5.26 Å². The summed E-state index contributed by atoms with van der Waals surface area (Å²) in [5, 5.41) is 15.3. The largest absolute Gasteiger partial charge is 0.483 e. The molecule has 0 saturated heterocycles. The van der Waals surface area contributed by atoms with E-state index in [1.807, 2.05) is 64.1 Å². The van der Waals surface area contributed by atoms with Crippen LogP contribution in [0.1, 0.15) is 27.8 Å². The zero-order valence-electron chi connectivity index (χ0n) is 20.0. The van der Waals surface area contributed by atoms with Crippen LogP contribution >= 0.6 is 15.9 Å². The lowest BCUT2D eigenvalue weighted by molar-refractivity contribution is -0.118. The summed E-state index contributed by atoms with van der Waals surface area (Å²) in [5.74, 6) is -0.473. The standard InChI is InChI=1S/C28H26BrN3O3/c1-17-8-10-24(19(3)12-17)31-27(33)16-35-26-11-9-23(29)14-21(26)13-22(15-30)28(34)32-25-7-5-6-18(2)20(25)4/h5-14H,16H2,1-4H3,(H,31,33)(H,32,34)/b22-13-. The van der Waals surface area contributed by atoms with Crippen LogP contribution in [0.3, 0.4) is 0 Å². The molecular formula is C28H26BrN3O3. The van der Waals surface area contributed by atoms with Gasteiger partial charge in [0.1, 0.15) is 17.4 Å². The molecule has 0 bridgehead atoms. The second kappa shape index (κ2) is 11.5. The number of nitriles is 1. The van der Waals surface area contributed by atoms with E-state index >= 15 is 0 Å². The molecule has 0 spiro atoms. The Bertz CT molecular complexity index is 1360. The van der Waals surface area contributed by atoms with Crippen molar-refractivity contribution < 1.29 is 14.3 Å². The number of carbonyl (C=O) groups excluding carboxylic acids is 2. The monoisotopic (exact) mass is 531 g/mol. The summed E-state index contributed by atoms with van der Waals surface area (Å²) in [7, 11) is 0. The fourth-order valence-corrected chi connectivity index (χ4v) is 3.81. The number of hydrogen-bond acceptors (Lipinski definition) is 4. The summed E-state index contributed by atoms with van der Waals surface area (Å²) in [6.07, 6.45) is 1.45. The highest BCUT2D eigenvalue weighted by atomic mass is 79.9. The average Bonchev–Trinajstić information content (AvgIpc) is 2.81. The smallest absolute Gasteiger partial charge is 0.266 e. The first kappa shape index (κ1) is 25.7. The Balaban J connectivity index is 1.77. The van der Waals surface area contributed by atoms with E-state index < -0.39 is 5.91 Å². The van der Waals surface area contributed by atoms with Crippen molar-refractivity contribution in [3.05, 3.63) is 92.5 Å². The van der Waals surface area contributed by atoms with Crippen LogP contribution in [-0.2, 0) is 9.59 Å². The van der Waals surface area contributed by atoms with Gasteiger partial charge in [-0.25, -0.2) is 0 Å². The molecule has 2 N–H and O–H groups in total. The van der Waals surface area contributed by atoms with Gasteiger partial charge in [-0.15, -0.1) is 0 Å². The van der Waals surface area contributed by atoms with Crippen molar-refractivity contribution in [3.8, 4) is 11.8 Å². The van der Waals surface area contributed by atoms with Crippen molar-refractivity contribution in [2.24, 2.45) is 0 Å². The van der Waals surface area contributed by atoms with E-state index in [-0.39, 0.29) is 18.1 Å². The Morgan fingerprint density at radius 3 is 2.46 bits per heavy atom. The minimum Gasteiger partial charge on any atom is -0.483 e. The molecule has 0 aliphatic carbocycles. The summed E-state index contributed by atoms with van der Waals surface area (Å²) < 4.78 is 6.49. The van der Waals surface area contributed by atoms with E-state index in [2.05, 4.69) is 26.6 Å². The molecule has 0 aliphatic heterocycles. The zero-order chi connectivity index (χ0) is 25.5. The van der Waals surface area contributed by atoms with Crippen LogP contribution in [0, 0.1) is 39.0 Å². The first-order chi connectivity index (χ1) is 16.7. The van der Waals surface area contributed by atoms with Gasteiger partial charge in [-0.1, -0.05) is 45.8 Å². The molecule has 0 fully saturated rings. The fraction of sp³-hybridized carbons (Fsp3) is 0.179. The van der Waals surface area contributed by atoms with Crippen molar-refractivity contribution in [1.82, 2.24) is 0 Å². The van der Waals surface area contributed by atoms with Gasteiger partial charge in [0.05, 0.1) is 0 Å². The minimum absolute atomic E-state index is 0.0893. The van der Waals surface area contributed by atoms with Gasteiger partial charge >= 0.3 is 0 Å². The van der Waals surface area contributed by atoms with E-state index in [1.165, 1.54) is 6.08 Å². The number of rotatable bonds is 7. The van der Waals surface area contributed by atoms with Crippen molar-refractivity contribution in [3.63, 3.8) is 0 Å². The van der Waals surface area contributed by atoms with Gasteiger partial charge in [-0.3, -0.25) is 9.59 Å². The van der Waals surface area contributed by atoms with Crippen LogP contribution in [0.5, 0.6) is 5.75 Å². The molecule has 7 heteroatoms. The van der Waals surface area contributed by atoms with Crippen molar-refractivity contribution in [2.45, 2.75) is 27.7 Å². The van der Waals surface area contributed by atoms with Crippen LogP contribution < -0.4 is 15.4 Å². The molecule has 0 heterocycles. The van der Waals surface area contributed by atoms with Gasteiger partial charge in [0.25, 0.3) is 11.8 Å². The van der Waals surface area contributed by atoms with Gasteiger partial charge in [-0.05, 0) is 80.8 Å². The summed E-state index contributed by atoms with van der Waals surface area (Å²) in [5.41, 5.74) is 5.79. The van der Waals surface area contributed by atoms with Gasteiger partial charge in [0.15, 0.2) is 6.61 Å². The molecule has 35 heavy (non-hydrogen) atoms. The molecule has 3 aromatic rings. The lowest BCUT2D eigenvalue weighted by atomic mass is 10.1. The molecule has 0 saturated carbocycles. The summed E-state index contributed by atoms with van der Waals surface area (Å²) in [6, 6.07) is 18.5. The predicted octanol–water partition coefficient (Wildman–Crippen LogP) is 6.25. The Labute approximate surface area is 213 Å². The predicted molar refractivity (Wildman–Crippen MR) is 142 cm³/mol. The van der Waals surface area contributed by atoms with Crippen LogP contribution in [-0.4, -0.2) is 18.4 Å². The number of ether oxygens (including phenoxy) is 1. The molecule has 178 valence electrons. The highest BCUT2D eigenvalue weighted by Gasteiger charge is 2.14. The molecule has 0 aromatic heterocycles. The number of nitrogens with zero attached hydrogens (tertiary/aromatic N) is 1. The van der Waals surface area contributed by atoms with Gasteiger partial charge in [-0.2, -0.15) is 5.26 Å². The normalized spacial score (nSPS) is 10.9. The van der Waals surface area contributed by atoms with E-state index in [9.17, 15) is 14.9 Å². The topological polar surface area (TPSA) is 91.2 Å². The first-order valence-corrected chi connectivity index (χ1v) is 11.8. The molecule has 3 rings (SSSR count). The van der Waals surface area contributed by atoms with Gasteiger partial charge in [0.2, 0.25) is 0 Å². The van der Waals surface area contributed by atoms with Crippen LogP contribution in [0.25, 0.3) is 6.08 Å². The van der Waals surface area contributed by atoms with Crippen molar-refractivity contribution >= 4 is 45.2 Å². The molecule has 3 aromatic carbocycles. The number of nitrogens with one attached hydrogen (secondary N) is 2. The summed E-state index contributed by atoms with van der Waals surface area (Å²) >= 11 is 3.41. The molecule has 0 aliphatic rings. The Kier molecular flexibility index (Phi) is 8.45. The highest BCUT2D eigenvalue weighted by molar-refractivity contribution is 9.10. The number of aryl methyl sites for hydroxylation is 3. The van der Waals surface area contributed by atoms with E-state index in [0.717, 1.165) is 32.4 Å².